The number of aromatic nitrogens is 1. The second kappa shape index (κ2) is 5.02. The van der Waals surface area contributed by atoms with Gasteiger partial charge in [0.25, 0.3) is 0 Å². The molecular weight excluding hydrogens is 252 g/mol. The van der Waals surface area contributed by atoms with Gasteiger partial charge in [-0.15, -0.1) is 11.3 Å². The Hall–Kier alpha value is -1.87. The molecule has 0 aliphatic heterocycles. The van der Waals surface area contributed by atoms with Crippen LogP contribution in [0.15, 0.2) is 42.5 Å². The van der Waals surface area contributed by atoms with E-state index >= 15 is 0 Å². The number of para-hydroxylation sites is 1. The Labute approximate surface area is 117 Å². The molecule has 0 radical (unpaired) electrons. The van der Waals surface area contributed by atoms with Gasteiger partial charge in [-0.25, -0.2) is 4.98 Å². The minimum atomic E-state index is 0.780. The van der Waals surface area contributed by atoms with Gasteiger partial charge in [0.2, 0.25) is 0 Å². The summed E-state index contributed by atoms with van der Waals surface area (Å²) in [6, 6.07) is 14.8. The van der Waals surface area contributed by atoms with Crippen LogP contribution in [0.3, 0.4) is 0 Å². The van der Waals surface area contributed by atoms with E-state index < -0.39 is 0 Å². The van der Waals surface area contributed by atoms with Crippen LogP contribution in [0.4, 0.5) is 5.69 Å². The number of nitrogens with zero attached hydrogens (tertiary/aromatic N) is 1. The van der Waals surface area contributed by atoms with Crippen molar-refractivity contribution in [2.24, 2.45) is 0 Å². The predicted octanol–water partition coefficient (Wildman–Crippen LogP) is 4.53. The molecule has 0 saturated carbocycles. The van der Waals surface area contributed by atoms with Gasteiger partial charge in [0, 0.05) is 5.69 Å². The van der Waals surface area contributed by atoms with Gasteiger partial charge in [0.1, 0.15) is 5.01 Å². The van der Waals surface area contributed by atoms with Gasteiger partial charge in [-0.2, -0.15) is 0 Å². The molecule has 0 fully saturated rings. The summed E-state index contributed by atoms with van der Waals surface area (Å²) in [6.45, 7) is 5.02. The smallest absolute Gasteiger partial charge is 0.113 e. The Kier molecular flexibility index (Phi) is 3.22. The van der Waals surface area contributed by atoms with E-state index in [-0.39, 0.29) is 0 Å². The summed E-state index contributed by atoms with van der Waals surface area (Å²) in [5.74, 6) is 0. The van der Waals surface area contributed by atoms with E-state index in [4.69, 9.17) is 0 Å². The fourth-order valence-corrected chi connectivity index (χ4v) is 3.16. The predicted molar refractivity (Wildman–Crippen MR) is 82.9 cm³/mol. The lowest BCUT2D eigenvalue weighted by atomic mass is 10.1. The first-order chi connectivity index (χ1) is 9.20. The highest BCUT2D eigenvalue weighted by atomic mass is 32.1. The summed E-state index contributed by atoms with van der Waals surface area (Å²) < 4.78 is 1.25. The van der Waals surface area contributed by atoms with Crippen LogP contribution in [0, 0.1) is 13.8 Å². The quantitative estimate of drug-likeness (QED) is 0.755. The molecule has 0 unspecified atom stereocenters. The monoisotopic (exact) mass is 268 g/mol. The van der Waals surface area contributed by atoms with E-state index in [0.717, 1.165) is 22.8 Å². The van der Waals surface area contributed by atoms with Crippen molar-refractivity contribution >= 4 is 27.2 Å². The molecule has 1 aromatic heterocycles. The van der Waals surface area contributed by atoms with Crippen LogP contribution in [-0.4, -0.2) is 4.98 Å². The first-order valence-electron chi connectivity index (χ1n) is 6.37. The second-order valence-electron chi connectivity index (χ2n) is 4.81. The molecule has 1 heterocycles. The van der Waals surface area contributed by atoms with E-state index in [1.807, 2.05) is 6.07 Å². The zero-order valence-electron chi connectivity index (χ0n) is 11.1. The lowest BCUT2D eigenvalue weighted by Crippen LogP contribution is -1.99. The summed E-state index contributed by atoms with van der Waals surface area (Å²) in [5, 5.41) is 4.58. The average Bonchev–Trinajstić information content (AvgIpc) is 2.78. The maximum atomic E-state index is 4.63. The zero-order chi connectivity index (χ0) is 13.2. The summed E-state index contributed by atoms with van der Waals surface area (Å²) in [4.78, 5) is 4.63. The van der Waals surface area contributed by atoms with Gasteiger partial charge in [-0.3, -0.25) is 0 Å². The van der Waals surface area contributed by atoms with Crippen LogP contribution < -0.4 is 5.32 Å². The fourth-order valence-electron chi connectivity index (χ4n) is 2.25. The van der Waals surface area contributed by atoms with Crippen LogP contribution >= 0.6 is 11.3 Å². The van der Waals surface area contributed by atoms with Crippen molar-refractivity contribution in [1.82, 2.24) is 4.98 Å². The third-order valence-electron chi connectivity index (χ3n) is 3.00. The number of hydrogen-bond donors (Lipinski definition) is 1. The van der Waals surface area contributed by atoms with Crippen molar-refractivity contribution < 1.29 is 0 Å². The zero-order valence-corrected chi connectivity index (χ0v) is 11.9. The largest absolute Gasteiger partial charge is 0.379 e. The van der Waals surface area contributed by atoms with Gasteiger partial charge >= 0.3 is 0 Å². The van der Waals surface area contributed by atoms with Gasteiger partial charge in [0.15, 0.2) is 0 Å². The fraction of sp³-hybridized carbons (Fsp3) is 0.188. The Morgan fingerprint density at radius 3 is 2.53 bits per heavy atom. The molecule has 1 N–H and O–H groups in total. The molecule has 0 spiro atoms. The first kappa shape index (κ1) is 12.2. The van der Waals surface area contributed by atoms with Crippen molar-refractivity contribution in [2.75, 3.05) is 5.32 Å². The van der Waals surface area contributed by atoms with E-state index in [9.17, 15) is 0 Å². The van der Waals surface area contributed by atoms with Crippen molar-refractivity contribution in [3.05, 3.63) is 58.6 Å². The highest BCUT2D eigenvalue weighted by Crippen LogP contribution is 2.22. The summed E-state index contributed by atoms with van der Waals surface area (Å²) in [7, 11) is 0. The molecule has 0 aliphatic rings. The van der Waals surface area contributed by atoms with Crippen molar-refractivity contribution in [3.8, 4) is 0 Å². The van der Waals surface area contributed by atoms with Crippen LogP contribution in [0.25, 0.3) is 10.2 Å². The number of rotatable bonds is 3. The molecule has 3 rings (SSSR count). The molecule has 0 saturated heterocycles. The van der Waals surface area contributed by atoms with E-state index in [2.05, 4.69) is 60.5 Å². The number of thiazole rings is 1. The third-order valence-corrected chi connectivity index (χ3v) is 4.04. The highest BCUT2D eigenvalue weighted by Gasteiger charge is 2.03. The van der Waals surface area contributed by atoms with Crippen LogP contribution in [0.1, 0.15) is 16.1 Å². The third kappa shape index (κ3) is 2.76. The summed E-state index contributed by atoms with van der Waals surface area (Å²) in [6.07, 6.45) is 0. The molecule has 96 valence electrons. The van der Waals surface area contributed by atoms with E-state index in [1.165, 1.54) is 15.8 Å². The topological polar surface area (TPSA) is 24.9 Å². The Balaban J connectivity index is 1.78. The van der Waals surface area contributed by atoms with E-state index in [0.29, 0.717) is 0 Å². The molecule has 3 aromatic rings. The SMILES string of the molecule is Cc1cc(C)cc(NCc2nc3ccccc3s2)c1. The maximum Gasteiger partial charge on any atom is 0.113 e. The maximum absolute atomic E-state index is 4.63. The van der Waals surface area contributed by atoms with Crippen LogP contribution in [-0.2, 0) is 6.54 Å². The normalized spacial score (nSPS) is 10.8. The highest BCUT2D eigenvalue weighted by molar-refractivity contribution is 7.18. The van der Waals surface area contributed by atoms with Gasteiger partial charge in [-0.05, 0) is 49.2 Å². The Bertz CT molecular complexity index is 662. The molecule has 19 heavy (non-hydrogen) atoms. The molecule has 2 aromatic carbocycles. The van der Waals surface area contributed by atoms with E-state index in [1.54, 1.807) is 11.3 Å². The summed E-state index contributed by atoms with van der Waals surface area (Å²) >= 11 is 1.75. The molecule has 3 heteroatoms. The van der Waals surface area contributed by atoms with Gasteiger partial charge < -0.3 is 5.32 Å². The molecule has 0 bridgehead atoms. The van der Waals surface area contributed by atoms with Crippen LogP contribution in [0.2, 0.25) is 0 Å². The molecule has 0 aliphatic carbocycles. The number of aryl methyl sites for hydroxylation is 2. The minimum absolute atomic E-state index is 0.780. The van der Waals surface area contributed by atoms with Gasteiger partial charge in [-0.1, -0.05) is 18.2 Å². The van der Waals surface area contributed by atoms with Crippen molar-refractivity contribution in [1.29, 1.82) is 0 Å². The second-order valence-corrected chi connectivity index (χ2v) is 5.92. The van der Waals surface area contributed by atoms with Crippen molar-refractivity contribution in [2.45, 2.75) is 20.4 Å². The number of nitrogens with one attached hydrogen (secondary N) is 1. The number of hydrogen-bond acceptors (Lipinski definition) is 3. The molecule has 0 amide bonds. The lowest BCUT2D eigenvalue weighted by molar-refractivity contribution is 1.11. The molecular formula is C16H16N2S. The van der Waals surface area contributed by atoms with Gasteiger partial charge in [0.05, 0.1) is 16.8 Å². The average molecular weight is 268 g/mol. The molecule has 2 nitrogen and oxygen atoms in total. The number of anilines is 1. The summed E-state index contributed by atoms with van der Waals surface area (Å²) in [5.41, 5.74) is 4.82. The Morgan fingerprint density at radius 1 is 1.05 bits per heavy atom. The standard InChI is InChI=1S/C16H16N2S/c1-11-7-12(2)9-13(8-11)17-10-16-18-14-5-3-4-6-15(14)19-16/h3-9,17H,10H2,1-2H3. The number of benzene rings is 2. The van der Waals surface area contributed by atoms with Crippen LogP contribution in [0.5, 0.6) is 0 Å². The number of fused-ring (bicyclic) bond motifs is 1. The Morgan fingerprint density at radius 2 is 1.79 bits per heavy atom. The first-order valence-corrected chi connectivity index (χ1v) is 7.19. The minimum Gasteiger partial charge on any atom is -0.379 e. The van der Waals surface area contributed by atoms with Crippen molar-refractivity contribution in [3.63, 3.8) is 0 Å². The molecule has 0 atom stereocenters. The lowest BCUT2D eigenvalue weighted by Gasteiger charge is -2.06.